The molecule has 0 aromatic heterocycles. The molecular weight excluding hydrogens is 552 g/mol. The van der Waals surface area contributed by atoms with E-state index < -0.39 is 85.8 Å². The summed E-state index contributed by atoms with van der Waals surface area (Å²) in [5.74, 6) is -11.1. The third-order valence-electron chi connectivity index (χ3n) is 7.05. The van der Waals surface area contributed by atoms with Crippen LogP contribution < -0.4 is 0 Å². The molecule has 0 saturated heterocycles. The van der Waals surface area contributed by atoms with Crippen molar-refractivity contribution in [2.24, 2.45) is 0 Å². The minimum absolute atomic E-state index is 0.0479. The third-order valence-corrected chi connectivity index (χ3v) is 7.05. The van der Waals surface area contributed by atoms with Crippen LogP contribution in [0.25, 0.3) is 0 Å². The van der Waals surface area contributed by atoms with Gasteiger partial charge in [0, 0.05) is 16.7 Å². The van der Waals surface area contributed by atoms with Crippen LogP contribution in [0.1, 0.15) is 64.5 Å². The van der Waals surface area contributed by atoms with Crippen molar-refractivity contribution in [1.82, 2.24) is 0 Å². The molecule has 0 heterocycles. The normalized spacial score (nSPS) is 10.9. The lowest BCUT2D eigenvalue weighted by Gasteiger charge is -2.22. The third kappa shape index (κ3) is 4.31. The van der Waals surface area contributed by atoms with Gasteiger partial charge in [-0.25, -0.2) is 0 Å². The molecule has 12 nitrogen and oxygen atoms in total. The Balaban J connectivity index is 2.10. The molecule has 0 spiro atoms. The molecule has 4 rings (SSSR count). The van der Waals surface area contributed by atoms with Gasteiger partial charge in [-0.2, -0.15) is 0 Å². The Morgan fingerprint density at radius 3 is 0.810 bits per heavy atom. The van der Waals surface area contributed by atoms with Gasteiger partial charge < -0.3 is 46.0 Å². The number of phenols is 9. The molecule has 0 atom stereocenters. The summed E-state index contributed by atoms with van der Waals surface area (Å²) in [5, 5.41) is 90.4. The number of phenolic OH excluding ortho intramolecular Hbond substituents is 9. The van der Waals surface area contributed by atoms with Crippen LogP contribution in [0.5, 0.6) is 51.7 Å². The van der Waals surface area contributed by atoms with Crippen LogP contribution in [0.3, 0.4) is 0 Å². The molecule has 4 aromatic rings. The summed E-state index contributed by atoms with van der Waals surface area (Å²) in [6, 6.07) is 5.82. The zero-order valence-electron chi connectivity index (χ0n) is 22.2. The number of benzene rings is 4. The molecule has 0 saturated carbocycles. The Hall–Kier alpha value is -5.91. The standard InChI is InChI=1S/C30H24O12/c1-10-19(22(34)13-4-7-16(31)28(40)25(13)37)11(2)21(24(36)15-6-9-18(33)30(42)27(15)39)12(3)20(10)23(35)14-5-8-17(32)29(41)26(14)38/h4-9,31-33,37-42H,1-3H3. The Morgan fingerprint density at radius 1 is 0.381 bits per heavy atom. The fourth-order valence-corrected chi connectivity index (χ4v) is 4.90. The van der Waals surface area contributed by atoms with Gasteiger partial charge >= 0.3 is 0 Å². The lowest BCUT2D eigenvalue weighted by molar-refractivity contribution is 0.103. The van der Waals surface area contributed by atoms with Crippen molar-refractivity contribution in [1.29, 1.82) is 0 Å². The molecule has 0 aliphatic heterocycles. The second-order valence-electron chi connectivity index (χ2n) is 9.48. The van der Waals surface area contributed by atoms with Gasteiger partial charge in [0.25, 0.3) is 0 Å². The maximum Gasteiger partial charge on any atom is 0.201 e. The molecular formula is C30H24O12. The summed E-state index contributed by atoms with van der Waals surface area (Å²) in [7, 11) is 0. The van der Waals surface area contributed by atoms with Crippen LogP contribution in [-0.2, 0) is 0 Å². The van der Waals surface area contributed by atoms with Crippen LogP contribution in [0.2, 0.25) is 0 Å². The van der Waals surface area contributed by atoms with Gasteiger partial charge in [0.1, 0.15) is 0 Å². The summed E-state index contributed by atoms with van der Waals surface area (Å²) in [6.07, 6.45) is 0. The minimum Gasteiger partial charge on any atom is -0.504 e. The van der Waals surface area contributed by atoms with Crippen molar-refractivity contribution in [3.8, 4) is 51.7 Å². The first-order valence-electron chi connectivity index (χ1n) is 12.1. The number of carbonyl (C=O) groups is 3. The smallest absolute Gasteiger partial charge is 0.201 e. The minimum atomic E-state index is -0.996. The molecule has 0 aliphatic carbocycles. The van der Waals surface area contributed by atoms with Crippen LogP contribution in [0, 0.1) is 20.8 Å². The number of hydrogen-bond donors (Lipinski definition) is 9. The molecule has 216 valence electrons. The van der Waals surface area contributed by atoms with Crippen molar-refractivity contribution in [2.75, 3.05) is 0 Å². The van der Waals surface area contributed by atoms with Crippen LogP contribution in [0.4, 0.5) is 0 Å². The number of aromatic hydroxyl groups is 9. The highest BCUT2D eigenvalue weighted by atomic mass is 16.3. The Bertz CT molecular complexity index is 1620. The molecule has 0 fully saturated rings. The molecule has 0 radical (unpaired) electrons. The summed E-state index contributed by atoms with van der Waals surface area (Å²) >= 11 is 0. The fraction of sp³-hybridized carbons (Fsp3) is 0.100. The Kier molecular flexibility index (Phi) is 7.09. The molecule has 4 aromatic carbocycles. The summed E-state index contributed by atoms with van der Waals surface area (Å²) in [4.78, 5) is 41.5. The van der Waals surface area contributed by atoms with Crippen molar-refractivity contribution in [2.45, 2.75) is 20.8 Å². The monoisotopic (exact) mass is 576 g/mol. The number of ketones is 3. The predicted molar refractivity (Wildman–Crippen MR) is 145 cm³/mol. The Labute approximate surface area is 236 Å². The molecule has 42 heavy (non-hydrogen) atoms. The van der Waals surface area contributed by atoms with E-state index in [1.165, 1.54) is 20.8 Å². The fourth-order valence-electron chi connectivity index (χ4n) is 4.90. The van der Waals surface area contributed by atoms with E-state index in [-0.39, 0.29) is 33.4 Å². The van der Waals surface area contributed by atoms with Gasteiger partial charge in [0.15, 0.2) is 51.8 Å². The van der Waals surface area contributed by atoms with E-state index in [1.54, 1.807) is 0 Å². The summed E-state index contributed by atoms with van der Waals surface area (Å²) in [6.45, 7) is 4.02. The number of hydrogen-bond acceptors (Lipinski definition) is 12. The Morgan fingerprint density at radius 2 is 0.595 bits per heavy atom. The lowest BCUT2D eigenvalue weighted by Crippen LogP contribution is -2.19. The van der Waals surface area contributed by atoms with Gasteiger partial charge in [0.2, 0.25) is 17.2 Å². The van der Waals surface area contributed by atoms with Crippen LogP contribution in [-0.4, -0.2) is 63.3 Å². The first-order valence-corrected chi connectivity index (χ1v) is 12.1. The van der Waals surface area contributed by atoms with Crippen molar-refractivity contribution in [3.05, 3.63) is 86.5 Å². The van der Waals surface area contributed by atoms with E-state index in [0.717, 1.165) is 36.4 Å². The zero-order valence-corrected chi connectivity index (χ0v) is 22.2. The van der Waals surface area contributed by atoms with Gasteiger partial charge in [-0.1, -0.05) is 0 Å². The second kappa shape index (κ2) is 10.2. The largest absolute Gasteiger partial charge is 0.504 e. The zero-order chi connectivity index (χ0) is 31.4. The van der Waals surface area contributed by atoms with Crippen molar-refractivity contribution < 1.29 is 60.3 Å². The van der Waals surface area contributed by atoms with E-state index in [1.807, 2.05) is 0 Å². The second-order valence-corrected chi connectivity index (χ2v) is 9.48. The molecule has 12 heteroatoms. The topological polar surface area (TPSA) is 233 Å². The van der Waals surface area contributed by atoms with Crippen LogP contribution in [0.15, 0.2) is 36.4 Å². The number of carbonyl (C=O) groups excluding carboxylic acids is 3. The predicted octanol–water partition coefficient (Wildman–Crippen LogP) is 3.66. The summed E-state index contributed by atoms with van der Waals surface area (Å²) < 4.78 is 0. The maximum absolute atomic E-state index is 13.8. The van der Waals surface area contributed by atoms with Gasteiger partial charge in [0.05, 0.1) is 16.7 Å². The highest BCUT2D eigenvalue weighted by molar-refractivity contribution is 6.22. The average Bonchev–Trinajstić information content (AvgIpc) is 2.93. The van der Waals surface area contributed by atoms with Crippen LogP contribution >= 0.6 is 0 Å². The van der Waals surface area contributed by atoms with Gasteiger partial charge in [-0.05, 0) is 73.9 Å². The van der Waals surface area contributed by atoms with E-state index in [0.29, 0.717) is 0 Å². The molecule has 0 bridgehead atoms. The first-order chi connectivity index (χ1) is 19.6. The highest BCUT2D eigenvalue weighted by Crippen LogP contribution is 2.43. The lowest BCUT2D eigenvalue weighted by atomic mass is 9.80. The molecule has 9 N–H and O–H groups in total. The van der Waals surface area contributed by atoms with E-state index in [9.17, 15) is 60.3 Å². The van der Waals surface area contributed by atoms with E-state index >= 15 is 0 Å². The highest BCUT2D eigenvalue weighted by Gasteiger charge is 2.33. The number of rotatable bonds is 6. The van der Waals surface area contributed by atoms with Crippen molar-refractivity contribution in [3.63, 3.8) is 0 Å². The van der Waals surface area contributed by atoms with E-state index in [4.69, 9.17) is 0 Å². The molecule has 0 aliphatic rings. The molecule has 0 unspecified atom stereocenters. The maximum atomic E-state index is 13.8. The van der Waals surface area contributed by atoms with Gasteiger partial charge in [-0.15, -0.1) is 0 Å². The molecule has 0 amide bonds. The average molecular weight is 577 g/mol. The van der Waals surface area contributed by atoms with Crippen molar-refractivity contribution >= 4 is 17.3 Å². The van der Waals surface area contributed by atoms with E-state index in [2.05, 4.69) is 0 Å². The summed E-state index contributed by atoms with van der Waals surface area (Å²) in [5.41, 5.74) is -2.59. The first kappa shape index (κ1) is 29.1. The van der Waals surface area contributed by atoms with Gasteiger partial charge in [-0.3, -0.25) is 14.4 Å². The quantitative estimate of drug-likeness (QED) is 0.118. The SMILES string of the molecule is Cc1c(C(=O)c2ccc(O)c(O)c2O)c(C)c(C(=O)c2ccc(O)c(O)c2O)c(C)c1C(=O)c1ccc(O)c(O)c1O.